The van der Waals surface area contributed by atoms with Gasteiger partial charge in [-0.15, -0.1) is 12.3 Å². The number of oxime groups is 1. The molecule has 0 amide bonds. The maximum absolute atomic E-state index is 9.64. The number of phenols is 1. The lowest BCUT2D eigenvalue weighted by Crippen LogP contribution is -1.90. The molecule has 1 rings (SSSR count). The van der Waals surface area contributed by atoms with E-state index in [9.17, 15) is 5.11 Å². The fraction of sp³-hybridized carbons (Fsp3) is 0.308. The van der Waals surface area contributed by atoms with E-state index in [0.29, 0.717) is 18.6 Å². The van der Waals surface area contributed by atoms with Gasteiger partial charge in [0.1, 0.15) is 12.4 Å². The van der Waals surface area contributed by atoms with Crippen molar-refractivity contribution in [3.63, 3.8) is 0 Å². The Morgan fingerprint density at radius 1 is 1.44 bits per heavy atom. The van der Waals surface area contributed by atoms with Crippen LogP contribution in [0.2, 0.25) is 0 Å². The number of terminal acetylenes is 1. The summed E-state index contributed by atoms with van der Waals surface area (Å²) in [5.74, 6) is 2.65. The minimum atomic E-state index is 0.201. The topological polar surface area (TPSA) is 41.8 Å². The molecule has 0 bridgehead atoms. The number of benzene rings is 1. The van der Waals surface area contributed by atoms with E-state index in [0.717, 1.165) is 11.1 Å². The molecule has 0 saturated carbocycles. The molecular formula is C13H15NO2. The Balaban J connectivity index is 2.67. The maximum Gasteiger partial charge on any atom is 0.128 e. The van der Waals surface area contributed by atoms with Crippen LogP contribution in [0, 0.1) is 26.2 Å². The Bertz CT molecular complexity index is 430. The van der Waals surface area contributed by atoms with Gasteiger partial charge in [0.15, 0.2) is 0 Å². The number of hydrogen-bond acceptors (Lipinski definition) is 3. The summed E-state index contributed by atoms with van der Waals surface area (Å²) in [7, 11) is 0. The molecule has 0 fully saturated rings. The highest BCUT2D eigenvalue weighted by molar-refractivity contribution is 5.83. The Hall–Kier alpha value is -1.95. The van der Waals surface area contributed by atoms with E-state index in [4.69, 9.17) is 11.3 Å². The SMILES string of the molecule is C#CCCON=Cc1cc(C)c(C)cc1O. The lowest BCUT2D eigenvalue weighted by atomic mass is 10.1. The summed E-state index contributed by atoms with van der Waals surface area (Å²) in [6, 6.07) is 3.57. The molecule has 0 aliphatic heterocycles. The third-order valence-electron chi connectivity index (χ3n) is 2.25. The van der Waals surface area contributed by atoms with Gasteiger partial charge in [-0.25, -0.2) is 0 Å². The lowest BCUT2D eigenvalue weighted by molar-refractivity contribution is 0.152. The van der Waals surface area contributed by atoms with Crippen LogP contribution < -0.4 is 0 Å². The molecule has 1 aromatic rings. The molecule has 16 heavy (non-hydrogen) atoms. The highest BCUT2D eigenvalue weighted by atomic mass is 16.6. The van der Waals surface area contributed by atoms with Crippen LogP contribution in [0.4, 0.5) is 0 Å². The molecule has 0 unspecified atom stereocenters. The zero-order valence-electron chi connectivity index (χ0n) is 9.53. The summed E-state index contributed by atoms with van der Waals surface area (Å²) in [6.45, 7) is 4.31. The van der Waals surface area contributed by atoms with Gasteiger partial charge >= 0.3 is 0 Å². The fourth-order valence-electron chi connectivity index (χ4n) is 1.18. The maximum atomic E-state index is 9.64. The summed E-state index contributed by atoms with van der Waals surface area (Å²) >= 11 is 0. The monoisotopic (exact) mass is 217 g/mol. The molecule has 3 nitrogen and oxygen atoms in total. The normalized spacial score (nSPS) is 10.3. The number of rotatable bonds is 4. The van der Waals surface area contributed by atoms with Gasteiger partial charge in [-0.1, -0.05) is 5.16 Å². The van der Waals surface area contributed by atoms with Crippen molar-refractivity contribution in [2.75, 3.05) is 6.61 Å². The van der Waals surface area contributed by atoms with Gasteiger partial charge in [0.2, 0.25) is 0 Å². The lowest BCUT2D eigenvalue weighted by Gasteiger charge is -2.04. The Morgan fingerprint density at radius 3 is 2.81 bits per heavy atom. The second-order valence-corrected chi connectivity index (χ2v) is 3.52. The first-order chi connectivity index (χ1) is 7.65. The van der Waals surface area contributed by atoms with Crippen molar-refractivity contribution in [2.24, 2.45) is 5.16 Å². The number of phenolic OH excluding ortho intramolecular Hbond substituents is 1. The van der Waals surface area contributed by atoms with Crippen molar-refractivity contribution >= 4 is 6.21 Å². The van der Waals surface area contributed by atoms with Crippen LogP contribution in [-0.4, -0.2) is 17.9 Å². The van der Waals surface area contributed by atoms with E-state index in [1.807, 2.05) is 19.9 Å². The minimum absolute atomic E-state index is 0.201. The van der Waals surface area contributed by atoms with Crippen molar-refractivity contribution in [3.8, 4) is 18.1 Å². The molecule has 84 valence electrons. The third kappa shape index (κ3) is 3.32. The molecule has 0 spiro atoms. The van der Waals surface area contributed by atoms with Crippen molar-refractivity contribution < 1.29 is 9.94 Å². The van der Waals surface area contributed by atoms with Gasteiger partial charge in [-0.3, -0.25) is 0 Å². The third-order valence-corrected chi connectivity index (χ3v) is 2.25. The summed E-state index contributed by atoms with van der Waals surface area (Å²) in [5, 5.41) is 13.4. The second kappa shape index (κ2) is 5.82. The predicted octanol–water partition coefficient (Wildman–Crippen LogP) is 2.38. The van der Waals surface area contributed by atoms with Crippen molar-refractivity contribution in [1.29, 1.82) is 0 Å². The van der Waals surface area contributed by atoms with E-state index < -0.39 is 0 Å². The van der Waals surface area contributed by atoms with Gasteiger partial charge in [-0.2, -0.15) is 0 Å². The Kier molecular flexibility index (Phi) is 4.41. The molecule has 3 heteroatoms. The van der Waals surface area contributed by atoms with E-state index in [1.165, 1.54) is 6.21 Å². The van der Waals surface area contributed by atoms with Crippen molar-refractivity contribution in [2.45, 2.75) is 20.3 Å². The summed E-state index contributed by atoms with van der Waals surface area (Å²) in [6.07, 6.45) is 7.07. The molecule has 1 N–H and O–H groups in total. The summed E-state index contributed by atoms with van der Waals surface area (Å²) < 4.78 is 0. The highest BCUT2D eigenvalue weighted by Crippen LogP contribution is 2.20. The van der Waals surface area contributed by atoms with Crippen molar-refractivity contribution in [3.05, 3.63) is 28.8 Å². The van der Waals surface area contributed by atoms with Gasteiger partial charge in [-0.05, 0) is 37.1 Å². The number of nitrogens with zero attached hydrogens (tertiary/aromatic N) is 1. The van der Waals surface area contributed by atoms with Crippen LogP contribution in [0.5, 0.6) is 5.75 Å². The second-order valence-electron chi connectivity index (χ2n) is 3.52. The largest absolute Gasteiger partial charge is 0.507 e. The van der Waals surface area contributed by atoms with E-state index >= 15 is 0 Å². The first-order valence-corrected chi connectivity index (χ1v) is 5.04. The molecule has 0 saturated heterocycles. The number of aryl methyl sites for hydroxylation is 2. The molecule has 0 heterocycles. The smallest absolute Gasteiger partial charge is 0.128 e. The minimum Gasteiger partial charge on any atom is -0.507 e. The van der Waals surface area contributed by atoms with Gasteiger partial charge in [0.25, 0.3) is 0 Å². The molecule has 0 atom stereocenters. The first-order valence-electron chi connectivity index (χ1n) is 5.04. The molecule has 0 aliphatic carbocycles. The van der Waals surface area contributed by atoms with Crippen molar-refractivity contribution in [1.82, 2.24) is 0 Å². The van der Waals surface area contributed by atoms with Crippen LogP contribution >= 0.6 is 0 Å². The quantitative estimate of drug-likeness (QED) is 0.364. The van der Waals surface area contributed by atoms with Crippen LogP contribution in [0.1, 0.15) is 23.1 Å². The van der Waals surface area contributed by atoms with Gasteiger partial charge in [0, 0.05) is 12.0 Å². The van der Waals surface area contributed by atoms with E-state index in [-0.39, 0.29) is 5.75 Å². The van der Waals surface area contributed by atoms with E-state index in [2.05, 4.69) is 11.1 Å². The van der Waals surface area contributed by atoms with Crippen LogP contribution in [0.15, 0.2) is 17.3 Å². The van der Waals surface area contributed by atoms with Gasteiger partial charge in [0.05, 0.1) is 6.21 Å². The Morgan fingerprint density at radius 2 is 2.12 bits per heavy atom. The molecule has 0 aliphatic rings. The van der Waals surface area contributed by atoms with E-state index in [1.54, 1.807) is 6.07 Å². The fourth-order valence-corrected chi connectivity index (χ4v) is 1.18. The number of hydrogen-bond donors (Lipinski definition) is 1. The molecule has 0 aromatic heterocycles. The van der Waals surface area contributed by atoms with Crippen LogP contribution in [0.3, 0.4) is 0 Å². The molecular weight excluding hydrogens is 202 g/mol. The van der Waals surface area contributed by atoms with Gasteiger partial charge < -0.3 is 9.94 Å². The zero-order valence-corrected chi connectivity index (χ0v) is 9.53. The number of aromatic hydroxyl groups is 1. The average Bonchev–Trinajstić information content (AvgIpc) is 2.25. The standard InChI is InChI=1S/C13H15NO2/c1-4-5-6-16-14-9-12-7-10(2)11(3)8-13(12)15/h1,7-9,15H,5-6H2,2-3H3. The molecule has 1 aromatic carbocycles. The molecule has 0 radical (unpaired) electrons. The summed E-state index contributed by atoms with van der Waals surface area (Å²) in [5.41, 5.74) is 2.79. The predicted molar refractivity (Wildman–Crippen MR) is 64.6 cm³/mol. The Labute approximate surface area is 95.7 Å². The zero-order chi connectivity index (χ0) is 12.0. The first kappa shape index (κ1) is 12.1. The van der Waals surface area contributed by atoms with Crippen LogP contribution in [-0.2, 0) is 4.84 Å². The highest BCUT2D eigenvalue weighted by Gasteiger charge is 2.01. The van der Waals surface area contributed by atoms with Crippen LogP contribution in [0.25, 0.3) is 0 Å². The average molecular weight is 217 g/mol. The summed E-state index contributed by atoms with van der Waals surface area (Å²) in [4.78, 5) is 4.92.